The van der Waals surface area contributed by atoms with E-state index in [4.69, 9.17) is 0 Å². The number of benzene rings is 1. The van der Waals surface area contributed by atoms with Crippen LogP contribution in [0.15, 0.2) is 24.3 Å². The van der Waals surface area contributed by atoms with Crippen LogP contribution in [0.1, 0.15) is 15.6 Å². The maximum Gasteiger partial charge on any atom is 0.452 e. The number of hydrogen-bond acceptors (Lipinski definition) is 4. The molecule has 3 rings (SSSR count). The van der Waals surface area contributed by atoms with Crippen molar-refractivity contribution in [3.63, 3.8) is 0 Å². The molecule has 94 valence electrons. The zero-order valence-corrected chi connectivity index (χ0v) is 9.55. The number of nitrogens with zero attached hydrogens (tertiary/aromatic N) is 2. The second-order valence-electron chi connectivity index (χ2n) is 3.37. The summed E-state index contributed by atoms with van der Waals surface area (Å²) in [5, 5.41) is -0.442. The first-order valence-corrected chi connectivity index (χ1v) is 5.46. The van der Waals surface area contributed by atoms with E-state index in [1.165, 1.54) is 11.1 Å². The lowest BCUT2D eigenvalue weighted by atomic mass is 10.6. The van der Waals surface area contributed by atoms with Crippen LogP contribution in [0.25, 0.3) is 11.1 Å². The average molecular weight is 273 g/mol. The summed E-state index contributed by atoms with van der Waals surface area (Å²) >= 11 is 0.329. The van der Waals surface area contributed by atoms with Crippen molar-refractivity contribution in [2.24, 2.45) is 5.73 Å². The van der Waals surface area contributed by atoms with Gasteiger partial charge in [0.25, 0.3) is 5.91 Å². The Morgan fingerprint density at radius 2 is 1.89 bits per heavy atom. The molecule has 0 aromatic carbocycles. The number of nitrogens with two attached hydrogens (primary N) is 1. The van der Waals surface area contributed by atoms with Gasteiger partial charge in [-0.15, -0.1) is 0 Å². The van der Waals surface area contributed by atoms with Crippen LogP contribution in [-0.4, -0.2) is 15.3 Å². The highest BCUT2D eigenvalue weighted by Gasteiger charge is 2.36. The molecule has 2 aliphatic carbocycles. The van der Waals surface area contributed by atoms with Crippen molar-refractivity contribution in [1.29, 1.82) is 0 Å². The van der Waals surface area contributed by atoms with Crippen molar-refractivity contribution in [3.8, 4) is 11.1 Å². The fourth-order valence-corrected chi connectivity index (χ4v) is 1.65. The zero-order chi connectivity index (χ0) is 13.3. The van der Waals surface area contributed by atoms with Crippen LogP contribution < -0.4 is 5.73 Å². The molecule has 0 aliphatic heterocycles. The minimum atomic E-state index is -4.62. The molecule has 2 N–H and O–H groups in total. The first-order valence-electron chi connectivity index (χ1n) is 4.69. The number of carbonyl (C=O) groups is 1. The molecule has 0 fully saturated rings. The molecule has 8 heteroatoms. The van der Waals surface area contributed by atoms with Crippen LogP contribution in [0.2, 0.25) is 0 Å². The van der Waals surface area contributed by atoms with E-state index in [0.717, 1.165) is 0 Å². The van der Waals surface area contributed by atoms with E-state index >= 15 is 0 Å². The Kier molecular flexibility index (Phi) is 3.04. The number of carbonyl (C=O) groups excluding carboxylic acids is 1. The summed E-state index contributed by atoms with van der Waals surface area (Å²) in [4.78, 5) is 13.2. The van der Waals surface area contributed by atoms with Crippen molar-refractivity contribution in [3.05, 3.63) is 35.1 Å². The number of rotatable bonds is 1. The Bertz CT molecular complexity index is 577. The minimum Gasteiger partial charge on any atom is -0.363 e. The Morgan fingerprint density at radius 1 is 1.28 bits per heavy atom. The van der Waals surface area contributed by atoms with Gasteiger partial charge in [-0.1, -0.05) is 18.2 Å². The molecule has 1 heterocycles. The summed E-state index contributed by atoms with van der Waals surface area (Å²) in [6.45, 7) is 0. The summed E-state index contributed by atoms with van der Waals surface area (Å²) < 4.78 is 38.3. The summed E-state index contributed by atoms with van der Waals surface area (Å²) in [6, 6.07) is 8.48. The molecule has 18 heavy (non-hydrogen) atoms. The molecule has 1 aromatic rings. The van der Waals surface area contributed by atoms with Crippen molar-refractivity contribution < 1.29 is 18.0 Å². The number of alkyl halides is 3. The first kappa shape index (κ1) is 12.5. The van der Waals surface area contributed by atoms with E-state index in [9.17, 15) is 18.0 Å². The molecule has 0 saturated heterocycles. The van der Waals surface area contributed by atoms with Crippen molar-refractivity contribution in [2.45, 2.75) is 6.18 Å². The molecular weight excluding hydrogens is 267 g/mol. The molecule has 1 aromatic heterocycles. The van der Waals surface area contributed by atoms with E-state index in [2.05, 4.69) is 39.4 Å². The van der Waals surface area contributed by atoms with E-state index in [-0.39, 0.29) is 0 Å². The number of aromatic nitrogens is 2. The van der Waals surface area contributed by atoms with Gasteiger partial charge in [-0.05, 0) is 28.7 Å². The third kappa shape index (κ3) is 2.83. The summed E-state index contributed by atoms with van der Waals surface area (Å²) in [5.41, 5.74) is 7.52. The third-order valence-electron chi connectivity index (χ3n) is 2.00. The fraction of sp³-hybridized carbons (Fsp3) is 0.100. The Labute approximate surface area is 103 Å². The Balaban J connectivity index is 0.000000164. The SMILES string of the molecule is NC(=O)c1nc(C(F)(F)F)ns1.c1cc2cc-2c1. The van der Waals surface area contributed by atoms with E-state index in [1.807, 2.05) is 0 Å². The van der Waals surface area contributed by atoms with E-state index in [1.54, 1.807) is 0 Å². The van der Waals surface area contributed by atoms with E-state index < -0.39 is 22.9 Å². The van der Waals surface area contributed by atoms with Gasteiger partial charge in [0, 0.05) is 0 Å². The van der Waals surface area contributed by atoms with Crippen LogP contribution >= 0.6 is 11.5 Å². The smallest absolute Gasteiger partial charge is 0.363 e. The summed E-state index contributed by atoms with van der Waals surface area (Å²) in [7, 11) is 0. The van der Waals surface area contributed by atoms with Gasteiger partial charge in [0.15, 0.2) is 0 Å². The minimum absolute atomic E-state index is 0.329. The van der Waals surface area contributed by atoms with Crippen molar-refractivity contribution >= 4 is 17.4 Å². The van der Waals surface area contributed by atoms with Gasteiger partial charge in [-0.2, -0.15) is 17.5 Å². The van der Waals surface area contributed by atoms with Gasteiger partial charge in [0.05, 0.1) is 0 Å². The van der Waals surface area contributed by atoms with Crippen molar-refractivity contribution in [1.82, 2.24) is 9.36 Å². The second kappa shape index (κ2) is 4.37. The normalized spacial score (nSPS) is 11.5. The van der Waals surface area contributed by atoms with Gasteiger partial charge in [-0.25, -0.2) is 4.98 Å². The molecule has 0 atom stereocenters. The lowest BCUT2D eigenvalue weighted by molar-refractivity contribution is -0.144. The third-order valence-corrected chi connectivity index (χ3v) is 2.73. The van der Waals surface area contributed by atoms with Gasteiger partial charge in [-0.3, -0.25) is 4.79 Å². The predicted molar refractivity (Wildman–Crippen MR) is 58.9 cm³/mol. The maximum atomic E-state index is 11.8. The Morgan fingerprint density at radius 3 is 2.11 bits per heavy atom. The molecule has 0 spiro atoms. The quantitative estimate of drug-likeness (QED) is 0.739. The van der Waals surface area contributed by atoms with Gasteiger partial charge in [0.1, 0.15) is 0 Å². The standard InChI is InChI=1S/C6H4.C4H2F3N3OS/c1-2-5-4-6(5)3-1;5-4(6,7)3-9-2(1(8)11)12-10-3/h1-4H;(H2,8,11). The zero-order valence-electron chi connectivity index (χ0n) is 8.73. The highest BCUT2D eigenvalue weighted by Crippen LogP contribution is 2.32. The highest BCUT2D eigenvalue weighted by molar-refractivity contribution is 7.07. The maximum absolute atomic E-state index is 11.8. The molecule has 0 radical (unpaired) electrons. The summed E-state index contributed by atoms with van der Waals surface area (Å²) in [5.74, 6) is -2.34. The lowest BCUT2D eigenvalue weighted by Gasteiger charge is -1.97. The Hall–Kier alpha value is -1.96. The number of hydrogen-bond donors (Lipinski definition) is 1. The van der Waals surface area contributed by atoms with Crippen LogP contribution in [0.4, 0.5) is 13.2 Å². The predicted octanol–water partition coefficient (Wildman–Crippen LogP) is 2.32. The van der Waals surface area contributed by atoms with Gasteiger partial charge < -0.3 is 5.73 Å². The monoisotopic (exact) mass is 273 g/mol. The highest BCUT2D eigenvalue weighted by atomic mass is 32.1. The number of halogens is 3. The molecule has 0 unspecified atom stereocenters. The molecular formula is C10H6F3N3OS. The fourth-order valence-electron chi connectivity index (χ4n) is 1.11. The van der Waals surface area contributed by atoms with Crippen LogP contribution in [0.5, 0.6) is 0 Å². The number of primary amides is 1. The molecule has 0 saturated carbocycles. The molecule has 4 nitrogen and oxygen atoms in total. The van der Waals surface area contributed by atoms with Crippen molar-refractivity contribution in [2.75, 3.05) is 0 Å². The largest absolute Gasteiger partial charge is 0.452 e. The lowest BCUT2D eigenvalue weighted by Crippen LogP contribution is -2.12. The van der Waals surface area contributed by atoms with Crippen LogP contribution in [0, 0.1) is 0 Å². The van der Waals surface area contributed by atoms with Gasteiger partial charge in [0.2, 0.25) is 10.8 Å². The molecule has 2 aliphatic rings. The summed E-state index contributed by atoms with van der Waals surface area (Å²) in [6.07, 6.45) is -4.62. The number of amides is 1. The van der Waals surface area contributed by atoms with Gasteiger partial charge >= 0.3 is 6.18 Å². The molecule has 1 amide bonds. The molecule has 0 bridgehead atoms. The van der Waals surface area contributed by atoms with E-state index in [0.29, 0.717) is 11.5 Å². The topological polar surface area (TPSA) is 68.9 Å². The number of fused-ring (bicyclic) bond motifs is 1. The second-order valence-corrected chi connectivity index (χ2v) is 4.12. The van der Waals surface area contributed by atoms with Crippen LogP contribution in [-0.2, 0) is 6.18 Å². The van der Waals surface area contributed by atoms with Crippen LogP contribution in [0.3, 0.4) is 0 Å². The average Bonchev–Trinajstić information content (AvgIpc) is 2.74. The first-order chi connectivity index (χ1) is 8.38.